The lowest BCUT2D eigenvalue weighted by Crippen LogP contribution is -2.36. The van der Waals surface area contributed by atoms with Crippen LogP contribution in [0.5, 0.6) is 0 Å². The molecule has 0 saturated carbocycles. The molecule has 3 amide bonds. The van der Waals surface area contributed by atoms with Crippen molar-refractivity contribution in [2.75, 3.05) is 11.9 Å². The number of thioether (sulfide) groups is 1. The highest BCUT2D eigenvalue weighted by molar-refractivity contribution is 14.1. The van der Waals surface area contributed by atoms with Crippen molar-refractivity contribution in [3.05, 3.63) is 77.0 Å². The van der Waals surface area contributed by atoms with Gasteiger partial charge in [0.2, 0.25) is 5.91 Å². The summed E-state index contributed by atoms with van der Waals surface area (Å²) in [5, 5.41) is 2.60. The minimum Gasteiger partial charge on any atom is -0.462 e. The van der Waals surface area contributed by atoms with Crippen molar-refractivity contribution < 1.29 is 18.8 Å². The van der Waals surface area contributed by atoms with Crippen molar-refractivity contribution in [3.8, 4) is 0 Å². The third kappa shape index (κ3) is 4.70. The summed E-state index contributed by atoms with van der Waals surface area (Å²) < 4.78 is 6.43. The molecule has 0 spiro atoms. The van der Waals surface area contributed by atoms with Crippen molar-refractivity contribution in [2.24, 2.45) is 0 Å². The van der Waals surface area contributed by atoms with E-state index in [2.05, 4.69) is 27.9 Å². The number of benzene rings is 2. The molecule has 162 valence electrons. The molecule has 1 aliphatic heterocycles. The molecule has 0 aliphatic carbocycles. The minimum atomic E-state index is -0.679. The number of fused-ring (bicyclic) bond motifs is 1. The second kappa shape index (κ2) is 9.26. The van der Waals surface area contributed by atoms with E-state index in [4.69, 9.17) is 27.6 Å². The summed E-state index contributed by atoms with van der Waals surface area (Å²) in [6.07, 6.45) is 2.41. The predicted molar refractivity (Wildman–Crippen MR) is 133 cm³/mol. The van der Waals surface area contributed by atoms with E-state index in [0.29, 0.717) is 17.4 Å². The van der Waals surface area contributed by atoms with E-state index in [1.807, 2.05) is 12.1 Å². The minimum absolute atomic E-state index is 0.00293. The topological polar surface area (TPSA) is 96.7 Å². The predicted octanol–water partition coefficient (Wildman–Crippen LogP) is 5.38. The number of amides is 3. The van der Waals surface area contributed by atoms with E-state index in [0.717, 1.165) is 14.7 Å². The van der Waals surface area contributed by atoms with Gasteiger partial charge in [-0.05, 0) is 76.8 Å². The van der Waals surface area contributed by atoms with Crippen LogP contribution in [-0.2, 0) is 9.59 Å². The molecule has 1 aromatic heterocycles. The van der Waals surface area contributed by atoms with E-state index in [-0.39, 0.29) is 31.5 Å². The van der Waals surface area contributed by atoms with Gasteiger partial charge in [0, 0.05) is 14.3 Å². The van der Waals surface area contributed by atoms with Crippen molar-refractivity contribution in [2.45, 2.75) is 0 Å². The van der Waals surface area contributed by atoms with Crippen LogP contribution in [-0.4, -0.2) is 28.5 Å². The molecule has 7 nitrogen and oxygen atoms in total. The molecule has 32 heavy (non-hydrogen) atoms. The van der Waals surface area contributed by atoms with Gasteiger partial charge in [-0.2, -0.15) is 0 Å². The van der Waals surface area contributed by atoms with Crippen LogP contribution in [0.1, 0.15) is 5.56 Å². The first-order valence-electron chi connectivity index (χ1n) is 8.94. The SMILES string of the molecule is O=C(CN1C(=O)S/C(=C\c2coc3c(Cl)cc(Cl)cc3c2=O)C1=O)Nc1ccc(I)cc1. The Balaban J connectivity index is 1.56. The Bertz CT molecular complexity index is 1370. The van der Waals surface area contributed by atoms with Gasteiger partial charge in [-0.15, -0.1) is 0 Å². The lowest BCUT2D eigenvalue weighted by molar-refractivity contribution is -0.127. The van der Waals surface area contributed by atoms with Crippen LogP contribution in [0.2, 0.25) is 10.0 Å². The summed E-state index contributed by atoms with van der Waals surface area (Å²) >= 11 is 14.8. The van der Waals surface area contributed by atoms with E-state index >= 15 is 0 Å². The third-order valence-corrected chi connectivity index (χ3v) is 6.53. The van der Waals surface area contributed by atoms with Crippen molar-refractivity contribution >= 4 is 97.3 Å². The number of hydrogen-bond acceptors (Lipinski definition) is 6. The maximum absolute atomic E-state index is 12.8. The number of halogens is 3. The van der Waals surface area contributed by atoms with Crippen LogP contribution in [0.3, 0.4) is 0 Å². The molecule has 2 aromatic carbocycles. The van der Waals surface area contributed by atoms with Crippen molar-refractivity contribution in [1.82, 2.24) is 4.90 Å². The van der Waals surface area contributed by atoms with Crippen LogP contribution in [0.4, 0.5) is 10.5 Å². The van der Waals surface area contributed by atoms with E-state index in [9.17, 15) is 19.2 Å². The molecule has 2 heterocycles. The van der Waals surface area contributed by atoms with Gasteiger partial charge in [0.1, 0.15) is 12.8 Å². The lowest BCUT2D eigenvalue weighted by atomic mass is 10.1. The van der Waals surface area contributed by atoms with Crippen LogP contribution >= 0.6 is 57.6 Å². The van der Waals surface area contributed by atoms with Gasteiger partial charge < -0.3 is 9.73 Å². The first kappa shape index (κ1) is 22.8. The van der Waals surface area contributed by atoms with E-state index in [1.165, 1.54) is 18.2 Å². The number of hydrogen-bond donors (Lipinski definition) is 1. The standard InChI is InChI=1S/C21H11Cl2IN2O5S/c22-11-6-14-18(28)10(9-31-19(14)15(23)7-11)5-16-20(29)26(21(30)32-16)8-17(27)25-13-3-1-12(24)2-4-13/h1-7,9H,8H2,(H,25,27)/b16-5-. The zero-order chi connectivity index (χ0) is 23.0. The molecule has 1 saturated heterocycles. The van der Waals surface area contributed by atoms with E-state index in [1.54, 1.807) is 12.1 Å². The Labute approximate surface area is 208 Å². The summed E-state index contributed by atoms with van der Waals surface area (Å²) in [4.78, 5) is 50.9. The summed E-state index contributed by atoms with van der Waals surface area (Å²) in [5.41, 5.74) is 0.297. The Morgan fingerprint density at radius 1 is 1.16 bits per heavy atom. The lowest BCUT2D eigenvalue weighted by Gasteiger charge is -2.12. The maximum atomic E-state index is 12.8. The fraction of sp³-hybridized carbons (Fsp3) is 0.0476. The second-order valence-electron chi connectivity index (χ2n) is 6.61. The molecular formula is C21H11Cl2IN2O5S. The smallest absolute Gasteiger partial charge is 0.294 e. The summed E-state index contributed by atoms with van der Waals surface area (Å²) in [5.74, 6) is -1.20. The molecule has 0 bridgehead atoms. The number of nitrogens with zero attached hydrogens (tertiary/aromatic N) is 1. The Morgan fingerprint density at radius 2 is 1.88 bits per heavy atom. The maximum Gasteiger partial charge on any atom is 0.294 e. The van der Waals surface area contributed by atoms with Crippen LogP contribution < -0.4 is 10.7 Å². The summed E-state index contributed by atoms with van der Waals surface area (Å²) in [6, 6.07) is 9.91. The van der Waals surface area contributed by atoms with Crippen molar-refractivity contribution in [3.63, 3.8) is 0 Å². The number of nitrogens with one attached hydrogen (secondary N) is 1. The third-order valence-electron chi connectivity index (χ3n) is 4.41. The molecule has 1 fully saturated rings. The van der Waals surface area contributed by atoms with Gasteiger partial charge in [0.25, 0.3) is 11.1 Å². The highest BCUT2D eigenvalue weighted by Gasteiger charge is 2.36. The molecular weight excluding hydrogens is 590 g/mol. The average Bonchev–Trinajstić information content (AvgIpc) is 2.99. The van der Waals surface area contributed by atoms with Gasteiger partial charge in [0.05, 0.1) is 20.9 Å². The summed E-state index contributed by atoms with van der Waals surface area (Å²) in [7, 11) is 0. The molecule has 4 rings (SSSR count). The quantitative estimate of drug-likeness (QED) is 0.319. The first-order chi connectivity index (χ1) is 15.2. The Kier molecular flexibility index (Phi) is 6.61. The Morgan fingerprint density at radius 3 is 2.59 bits per heavy atom. The molecule has 1 N–H and O–H groups in total. The van der Waals surface area contributed by atoms with Gasteiger partial charge in [-0.1, -0.05) is 23.2 Å². The largest absolute Gasteiger partial charge is 0.462 e. The number of carbonyl (C=O) groups excluding carboxylic acids is 3. The molecule has 1 aliphatic rings. The van der Waals surface area contributed by atoms with Gasteiger partial charge in [-0.25, -0.2) is 0 Å². The van der Waals surface area contributed by atoms with Crippen LogP contribution in [0.15, 0.2) is 56.8 Å². The first-order valence-corrected chi connectivity index (χ1v) is 11.6. The normalized spacial score (nSPS) is 15.1. The molecule has 0 unspecified atom stereocenters. The summed E-state index contributed by atoms with van der Waals surface area (Å²) in [6.45, 7) is -0.453. The molecule has 0 radical (unpaired) electrons. The average molecular weight is 601 g/mol. The molecule has 3 aromatic rings. The number of carbonyl (C=O) groups is 3. The fourth-order valence-corrected chi connectivity index (χ4v) is 4.66. The highest BCUT2D eigenvalue weighted by Crippen LogP contribution is 2.32. The monoisotopic (exact) mass is 600 g/mol. The zero-order valence-corrected chi connectivity index (χ0v) is 20.3. The zero-order valence-electron chi connectivity index (χ0n) is 15.9. The molecule has 11 heteroatoms. The van der Waals surface area contributed by atoms with Crippen molar-refractivity contribution in [1.29, 1.82) is 0 Å². The number of anilines is 1. The fourth-order valence-electron chi connectivity index (χ4n) is 2.93. The number of rotatable bonds is 4. The van der Waals surface area contributed by atoms with Crippen LogP contribution in [0.25, 0.3) is 17.0 Å². The second-order valence-corrected chi connectivity index (χ2v) is 9.69. The molecule has 0 atom stereocenters. The number of imide groups is 1. The van der Waals surface area contributed by atoms with E-state index < -0.39 is 29.0 Å². The Hall–Kier alpha value is -2.34. The van der Waals surface area contributed by atoms with Gasteiger partial charge in [-0.3, -0.25) is 24.1 Å². The van der Waals surface area contributed by atoms with Crippen LogP contribution in [0, 0.1) is 3.57 Å². The highest BCUT2D eigenvalue weighted by atomic mass is 127. The van der Waals surface area contributed by atoms with Gasteiger partial charge >= 0.3 is 0 Å². The van der Waals surface area contributed by atoms with Gasteiger partial charge in [0.15, 0.2) is 11.0 Å².